The third-order valence-corrected chi connectivity index (χ3v) is 3.59. The maximum absolute atomic E-state index is 13.4. The molecule has 0 bridgehead atoms. The van der Waals surface area contributed by atoms with E-state index in [0.717, 1.165) is 5.69 Å². The third-order valence-electron chi connectivity index (χ3n) is 2.99. The average molecular weight is 352 g/mol. The molecule has 0 radical (unpaired) electrons. The van der Waals surface area contributed by atoms with Gasteiger partial charge in [0.1, 0.15) is 11.6 Å². The first-order valence-electron chi connectivity index (χ1n) is 6.34. The molecule has 0 aliphatic carbocycles. The second-order valence-corrected chi connectivity index (χ2v) is 5.52. The van der Waals surface area contributed by atoms with Crippen molar-refractivity contribution in [1.82, 2.24) is 4.98 Å². The van der Waals surface area contributed by atoms with E-state index >= 15 is 0 Å². The number of nitrogens with one attached hydrogen (secondary N) is 2. The molecule has 1 heterocycles. The lowest BCUT2D eigenvalue weighted by Crippen LogP contribution is -2.14. The van der Waals surface area contributed by atoms with Crippen molar-refractivity contribution in [3.8, 4) is 0 Å². The van der Waals surface area contributed by atoms with Gasteiger partial charge in [-0.15, -0.1) is 0 Å². The first-order valence-corrected chi connectivity index (χ1v) is 7.13. The van der Waals surface area contributed by atoms with Crippen LogP contribution >= 0.6 is 15.9 Å². The second-order valence-electron chi connectivity index (χ2n) is 4.67. The summed E-state index contributed by atoms with van der Waals surface area (Å²) in [4.78, 5) is 16.5. The molecular weight excluding hydrogens is 337 g/mol. The molecule has 1 aromatic carbocycles. The van der Waals surface area contributed by atoms with Crippen molar-refractivity contribution in [2.75, 3.05) is 17.7 Å². The molecule has 6 heteroatoms. The summed E-state index contributed by atoms with van der Waals surface area (Å²) in [6.07, 6.45) is 0. The van der Waals surface area contributed by atoms with Crippen LogP contribution < -0.4 is 10.6 Å². The molecule has 0 atom stereocenters. The van der Waals surface area contributed by atoms with Gasteiger partial charge in [0.2, 0.25) is 0 Å². The normalized spacial score (nSPS) is 10.3. The van der Waals surface area contributed by atoms with E-state index in [0.29, 0.717) is 27.1 Å². The van der Waals surface area contributed by atoms with Gasteiger partial charge in [0, 0.05) is 24.0 Å². The van der Waals surface area contributed by atoms with Gasteiger partial charge < -0.3 is 10.6 Å². The number of benzene rings is 1. The maximum atomic E-state index is 13.4. The number of nitrogens with zero attached hydrogens (tertiary/aromatic N) is 1. The van der Waals surface area contributed by atoms with Crippen molar-refractivity contribution >= 4 is 33.3 Å². The summed E-state index contributed by atoms with van der Waals surface area (Å²) < 4.78 is 13.7. The Hall–Kier alpha value is -1.95. The Kier molecular flexibility index (Phi) is 4.57. The van der Waals surface area contributed by atoms with E-state index in [2.05, 4.69) is 31.5 Å². The number of hydrogen-bond acceptors (Lipinski definition) is 3. The maximum Gasteiger partial charge on any atom is 0.255 e. The summed E-state index contributed by atoms with van der Waals surface area (Å²) in [5, 5.41) is 5.69. The summed E-state index contributed by atoms with van der Waals surface area (Å²) in [5.74, 6) is -0.00140. The Bertz CT molecular complexity index is 704. The summed E-state index contributed by atoms with van der Waals surface area (Å²) >= 11 is 3.11. The molecule has 21 heavy (non-hydrogen) atoms. The largest absolute Gasteiger partial charge is 0.373 e. The molecule has 110 valence electrons. The molecule has 0 fully saturated rings. The number of aryl methyl sites for hydroxylation is 2. The fraction of sp³-hybridized carbons (Fsp3) is 0.200. The summed E-state index contributed by atoms with van der Waals surface area (Å²) in [6, 6.07) is 6.28. The number of halogens is 2. The smallest absolute Gasteiger partial charge is 0.255 e. The van der Waals surface area contributed by atoms with Crippen LogP contribution in [0.4, 0.5) is 15.9 Å². The zero-order valence-corrected chi connectivity index (χ0v) is 13.5. The van der Waals surface area contributed by atoms with Crippen LogP contribution in [0.5, 0.6) is 0 Å². The van der Waals surface area contributed by atoms with Gasteiger partial charge in [0.15, 0.2) is 0 Å². The fourth-order valence-corrected chi connectivity index (χ4v) is 2.25. The van der Waals surface area contributed by atoms with Gasteiger partial charge in [-0.2, -0.15) is 0 Å². The number of rotatable bonds is 3. The van der Waals surface area contributed by atoms with E-state index < -0.39 is 0 Å². The van der Waals surface area contributed by atoms with Crippen molar-refractivity contribution in [2.45, 2.75) is 13.8 Å². The van der Waals surface area contributed by atoms with Crippen molar-refractivity contribution in [3.63, 3.8) is 0 Å². The molecule has 1 aromatic heterocycles. The Morgan fingerprint density at radius 3 is 2.62 bits per heavy atom. The minimum Gasteiger partial charge on any atom is -0.373 e. The van der Waals surface area contributed by atoms with Crippen LogP contribution in [0.25, 0.3) is 0 Å². The number of pyridine rings is 1. The Labute approximate surface area is 130 Å². The molecule has 0 saturated heterocycles. The third kappa shape index (κ3) is 3.58. The molecule has 0 aliphatic heterocycles. The molecule has 2 rings (SSSR count). The lowest BCUT2D eigenvalue weighted by Gasteiger charge is -2.11. The van der Waals surface area contributed by atoms with Gasteiger partial charge in [0.25, 0.3) is 5.91 Å². The first-order chi connectivity index (χ1) is 9.90. The number of carbonyl (C=O) groups excluding carboxylic acids is 1. The molecule has 0 saturated carbocycles. The zero-order chi connectivity index (χ0) is 15.6. The predicted molar refractivity (Wildman–Crippen MR) is 85.3 cm³/mol. The highest BCUT2D eigenvalue weighted by Gasteiger charge is 2.12. The minimum atomic E-state index is -0.359. The predicted octanol–water partition coefficient (Wildman–Crippen LogP) is 3.89. The van der Waals surface area contributed by atoms with Gasteiger partial charge in [0.05, 0.1) is 4.47 Å². The highest BCUT2D eigenvalue weighted by atomic mass is 79.9. The Morgan fingerprint density at radius 1 is 1.24 bits per heavy atom. The van der Waals surface area contributed by atoms with Gasteiger partial charge in [-0.05, 0) is 59.6 Å². The Balaban J connectivity index is 2.30. The highest BCUT2D eigenvalue weighted by molar-refractivity contribution is 9.10. The van der Waals surface area contributed by atoms with Crippen molar-refractivity contribution in [2.24, 2.45) is 0 Å². The molecule has 0 aliphatic rings. The Morgan fingerprint density at radius 2 is 1.95 bits per heavy atom. The number of anilines is 2. The topological polar surface area (TPSA) is 54.0 Å². The molecule has 0 spiro atoms. The van der Waals surface area contributed by atoms with Crippen LogP contribution in [0.15, 0.2) is 28.7 Å². The van der Waals surface area contributed by atoms with Crippen molar-refractivity contribution < 1.29 is 9.18 Å². The molecular formula is C15H15BrFN3O. The SMILES string of the molecule is CNc1cc(C(=O)Nc2cc(Br)c(F)cc2C)cc(C)n1. The van der Waals surface area contributed by atoms with Gasteiger partial charge in [-0.3, -0.25) is 4.79 Å². The quantitative estimate of drug-likeness (QED) is 0.881. The van der Waals surface area contributed by atoms with Gasteiger partial charge in [-0.25, -0.2) is 9.37 Å². The van der Waals surface area contributed by atoms with Crippen LogP contribution in [0, 0.1) is 19.7 Å². The van der Waals surface area contributed by atoms with Crippen LogP contribution in [0.2, 0.25) is 0 Å². The fourth-order valence-electron chi connectivity index (χ4n) is 1.90. The van der Waals surface area contributed by atoms with Crippen LogP contribution in [0.3, 0.4) is 0 Å². The van der Waals surface area contributed by atoms with E-state index in [4.69, 9.17) is 0 Å². The van der Waals surface area contributed by atoms with E-state index in [1.165, 1.54) is 6.07 Å². The molecule has 4 nitrogen and oxygen atoms in total. The van der Waals surface area contributed by atoms with Crippen LogP contribution in [0.1, 0.15) is 21.6 Å². The van der Waals surface area contributed by atoms with Crippen molar-refractivity contribution in [1.29, 1.82) is 0 Å². The van der Waals surface area contributed by atoms with Gasteiger partial charge in [-0.1, -0.05) is 0 Å². The molecule has 2 N–H and O–H groups in total. The molecule has 2 aromatic rings. The van der Waals surface area contributed by atoms with E-state index in [1.807, 2.05) is 6.92 Å². The lowest BCUT2D eigenvalue weighted by molar-refractivity contribution is 0.102. The first kappa shape index (κ1) is 15.4. The van der Waals surface area contributed by atoms with E-state index in [-0.39, 0.29) is 11.7 Å². The number of amides is 1. The molecule has 1 amide bonds. The second kappa shape index (κ2) is 6.22. The van der Waals surface area contributed by atoms with Gasteiger partial charge >= 0.3 is 0 Å². The zero-order valence-electron chi connectivity index (χ0n) is 11.9. The average Bonchev–Trinajstić information content (AvgIpc) is 2.43. The minimum absolute atomic E-state index is 0.265. The lowest BCUT2D eigenvalue weighted by atomic mass is 10.1. The summed E-state index contributed by atoms with van der Waals surface area (Å²) in [7, 11) is 1.74. The highest BCUT2D eigenvalue weighted by Crippen LogP contribution is 2.25. The van der Waals surface area contributed by atoms with Crippen LogP contribution in [-0.4, -0.2) is 17.9 Å². The standard InChI is InChI=1S/C15H15BrFN3O/c1-8-4-12(17)11(16)7-13(8)20-15(21)10-5-9(2)19-14(6-10)18-3/h4-7H,1-3H3,(H,18,19)(H,20,21). The van der Waals surface area contributed by atoms with E-state index in [1.54, 1.807) is 32.2 Å². The van der Waals surface area contributed by atoms with Crippen LogP contribution in [-0.2, 0) is 0 Å². The number of carbonyl (C=O) groups is 1. The van der Waals surface area contributed by atoms with Crippen molar-refractivity contribution in [3.05, 3.63) is 51.4 Å². The summed E-state index contributed by atoms with van der Waals surface area (Å²) in [5.41, 5.74) is 2.45. The monoisotopic (exact) mass is 351 g/mol. The van der Waals surface area contributed by atoms with E-state index in [9.17, 15) is 9.18 Å². The number of hydrogen-bond donors (Lipinski definition) is 2. The number of aromatic nitrogens is 1. The molecule has 0 unspecified atom stereocenters. The summed E-state index contributed by atoms with van der Waals surface area (Å²) in [6.45, 7) is 3.55.